The summed E-state index contributed by atoms with van der Waals surface area (Å²) >= 11 is 14.4. The van der Waals surface area contributed by atoms with Gasteiger partial charge in [0.25, 0.3) is 0 Å². The minimum Gasteiger partial charge on any atom is -0.305 e. The molecule has 0 unspecified atom stereocenters. The molecule has 0 bridgehead atoms. The summed E-state index contributed by atoms with van der Waals surface area (Å²) < 4.78 is 5.12. The van der Waals surface area contributed by atoms with Gasteiger partial charge in [-0.25, -0.2) is 0 Å². The molecule has 0 N–H and O–H groups in total. The summed E-state index contributed by atoms with van der Waals surface area (Å²) in [5.74, 6) is 0. The second-order valence-corrected chi connectivity index (χ2v) is 133. The highest BCUT2D eigenvalue weighted by Gasteiger charge is 2.07. The average molecular weight is 2340 g/mol. The molecule has 446 valence electrons. The zero-order chi connectivity index (χ0) is 53.3. The van der Waals surface area contributed by atoms with Crippen molar-refractivity contribution in [1.29, 1.82) is 0 Å². The molecule has 0 aliphatic rings. The zero-order valence-electron chi connectivity index (χ0n) is 30.8. The highest BCUT2D eigenvalue weighted by atomic mass is 34.1. The van der Waals surface area contributed by atoms with Crippen LogP contribution in [0.5, 0.6) is 0 Å². The minimum absolute atomic E-state index is 1.46. The highest BCUT2D eigenvalue weighted by Crippen LogP contribution is 2.71. The van der Waals surface area contributed by atoms with E-state index in [1.807, 2.05) is 501 Å². The molecule has 0 aromatic carbocycles. The fraction of sp³-hybridized carbons (Fsp3) is 1.00. The van der Waals surface area contributed by atoms with Gasteiger partial charge in [0.1, 0.15) is 0 Å². The third kappa shape index (κ3) is 93.0. The molecular formula is CH4OS72. The third-order valence-corrected chi connectivity index (χ3v) is 158. The molecule has 0 amide bonds. The van der Waals surface area contributed by atoms with E-state index in [9.17, 15) is 0 Å². The first kappa shape index (κ1) is 98.9. The maximum absolute atomic E-state index is 5.17. The first-order valence-electron chi connectivity index (χ1n) is 12.4. The quantitative estimate of drug-likeness (QED) is 0.0352. The predicted octanol–water partition coefficient (Wildman–Crippen LogP) is 44.5. The predicted molar refractivity (Wildman–Crippen MR) is 554 cm³/mol. The van der Waals surface area contributed by atoms with Gasteiger partial charge in [-0.1, -0.05) is 11.7 Å². The lowest BCUT2D eigenvalue weighted by molar-refractivity contribution is 0.491. The lowest BCUT2D eigenvalue weighted by Crippen LogP contribution is -1.87. The van der Waals surface area contributed by atoms with Crippen LogP contribution in [0.1, 0.15) is 0 Å². The van der Waals surface area contributed by atoms with E-state index in [-0.39, 0.29) is 0 Å². The van der Waals surface area contributed by atoms with Gasteiger partial charge in [-0.3, -0.25) is 0 Å². The Labute approximate surface area is 699 Å². The molecule has 0 atom stereocenters. The summed E-state index contributed by atoms with van der Waals surface area (Å²) in [5, 5.41) is 0. The van der Waals surface area contributed by atoms with E-state index in [1.165, 1.54) is 19.7 Å². The lowest BCUT2D eigenvalue weighted by Gasteiger charge is -2.03. The van der Waals surface area contributed by atoms with Crippen LogP contribution in [0.15, 0.2) is 0 Å². The number of rotatable bonds is 69. The van der Waals surface area contributed by atoms with E-state index in [1.54, 1.807) is 154 Å². The summed E-state index contributed by atoms with van der Waals surface area (Å²) in [4.78, 5) is 0. The Balaban J connectivity index is 3.09. The van der Waals surface area contributed by atoms with Gasteiger partial charge in [0, 0.05) is 590 Å². The van der Waals surface area contributed by atoms with Gasteiger partial charge in [0.05, 0.1) is 13.6 Å². The van der Waals surface area contributed by atoms with Crippen molar-refractivity contribution >= 4 is 709 Å². The molecule has 0 rings (SSSR count). The van der Waals surface area contributed by atoms with E-state index in [0.717, 1.165) is 0 Å². The molecule has 0 fully saturated rings. The second kappa shape index (κ2) is 92.1. The molecule has 0 aliphatic carbocycles. The van der Waals surface area contributed by atoms with Gasteiger partial charge in [-0.15, -0.1) is 0 Å². The maximum atomic E-state index is 5.17. The molecule has 73 heteroatoms. The van der Waals surface area contributed by atoms with Crippen LogP contribution < -0.4 is 0 Å². The van der Waals surface area contributed by atoms with Crippen molar-refractivity contribution in [2.24, 2.45) is 0 Å². The molecule has 0 aliphatic heterocycles. The summed E-state index contributed by atoms with van der Waals surface area (Å²) in [5.41, 5.74) is 0. The van der Waals surface area contributed by atoms with E-state index >= 15 is 0 Å². The molecule has 0 saturated carbocycles. The van der Waals surface area contributed by atoms with Crippen LogP contribution in [-0.4, -0.2) is 7.11 Å². The highest BCUT2D eigenvalue weighted by molar-refractivity contribution is 9.65. The summed E-state index contributed by atoms with van der Waals surface area (Å²) in [7, 11) is 124. The van der Waals surface area contributed by atoms with Crippen molar-refractivity contribution in [3.8, 4) is 0 Å². The van der Waals surface area contributed by atoms with Crippen LogP contribution in [0.4, 0.5) is 0 Å². The molecule has 0 aromatic heterocycles. The average Bonchev–Trinajstić information content (AvgIpc) is 3.40. The summed E-state index contributed by atoms with van der Waals surface area (Å²) in [6.45, 7) is -1.80. The molecule has 0 saturated heterocycles. The molecule has 0 radical (unpaired) electrons. The molecule has 0 spiro atoms. The largest absolute Gasteiger partial charge is 0.305 e. The Morgan fingerprint density at radius 1 is 0.189 bits per heavy atom. The Hall–Kier alpha value is 24.9. The van der Waals surface area contributed by atoms with Crippen LogP contribution in [0.3, 0.4) is 0 Å². The third-order valence-electron chi connectivity index (χ3n) is 2.15. The van der Waals surface area contributed by atoms with Gasteiger partial charge in [0.15, 0.2) is 0 Å². The minimum atomic E-state index is -1.80. The Bertz CT molecular complexity index is 1060. The standard InChI is InChI=1S/CH4OS72/c1-2-74(4,5)73-72-71-70-69-68-67-66-65-64-63-62-61-60-59-58-57-56-55-54-53-52-51-50-49-48-47-46-45-44-43-42-41-40-39-38-37-36-35-34-33-32-31-30-29-28-27-26-25-24-23-22-21-20-19-18-17-16-15-14-13-12-11-10-9-8-7-6-3/h3H,1H3. The van der Waals surface area contributed by atoms with Crippen molar-refractivity contribution in [3.63, 3.8) is 0 Å². The molecule has 1 nitrogen and oxygen atoms in total. The van der Waals surface area contributed by atoms with Gasteiger partial charge < -0.3 is 4.18 Å². The lowest BCUT2D eigenvalue weighted by atomic mass is 11.8. The Kier molecular flexibility index (Phi) is 123. The molecular weight excluding hydrogens is 2340 g/mol. The van der Waals surface area contributed by atoms with Crippen LogP contribution in [0.2, 0.25) is 0 Å². The van der Waals surface area contributed by atoms with Gasteiger partial charge in [-0.05, 0) is 101 Å². The number of hydrogen-bond donors (Lipinski definition) is 1. The fourth-order valence-electron chi connectivity index (χ4n) is 0.811. The smallest absolute Gasteiger partial charge is 0.0817 e. The molecule has 0 heterocycles. The SMILES string of the molecule is COS(=S)(=S)SSSSSSSSSSSSSSSSSSSSSSSSSSSSSSSSSSSSSSSSSSSSSSSSSSSSSSSSSSSSSSSSSSSSS. The van der Waals surface area contributed by atoms with Gasteiger partial charge in [0.2, 0.25) is 0 Å². The van der Waals surface area contributed by atoms with Gasteiger partial charge in [-0.2, -0.15) is 0 Å². The van der Waals surface area contributed by atoms with E-state index in [4.69, 9.17) is 26.6 Å². The summed E-state index contributed by atoms with van der Waals surface area (Å²) in [6.07, 6.45) is 0. The Morgan fingerprint density at radius 3 is 0.378 bits per heavy atom. The van der Waals surface area contributed by atoms with E-state index in [2.05, 4.69) is 11.7 Å². The van der Waals surface area contributed by atoms with Crippen LogP contribution in [0, 0.1) is 0 Å². The normalized spacial score (nSPS) is 12.0. The summed E-state index contributed by atoms with van der Waals surface area (Å²) in [6, 6.07) is 0. The van der Waals surface area contributed by atoms with Crippen molar-refractivity contribution in [2.75, 3.05) is 7.11 Å². The van der Waals surface area contributed by atoms with Crippen LogP contribution in [0.25, 0.3) is 0 Å². The first-order valence-corrected chi connectivity index (χ1v) is 108. The van der Waals surface area contributed by atoms with Gasteiger partial charge >= 0.3 is 0 Å². The molecule has 0 aromatic rings. The van der Waals surface area contributed by atoms with Crippen LogP contribution >= 0.6 is 680 Å². The fourth-order valence-corrected chi connectivity index (χ4v) is 189. The van der Waals surface area contributed by atoms with Crippen LogP contribution in [-0.2, 0) is 33.0 Å². The van der Waals surface area contributed by atoms with E-state index in [0.29, 0.717) is 0 Å². The molecule has 74 heavy (non-hydrogen) atoms. The monoisotopic (exact) mass is 2330 g/mol. The van der Waals surface area contributed by atoms with Crippen molar-refractivity contribution in [1.82, 2.24) is 0 Å². The Morgan fingerprint density at radius 2 is 0.284 bits per heavy atom. The van der Waals surface area contributed by atoms with Crippen molar-refractivity contribution < 1.29 is 4.18 Å². The first-order chi connectivity index (χ1) is 36.6. The topological polar surface area (TPSA) is 9.23 Å². The van der Waals surface area contributed by atoms with Crippen molar-refractivity contribution in [2.45, 2.75) is 0 Å². The van der Waals surface area contributed by atoms with Crippen molar-refractivity contribution in [3.05, 3.63) is 0 Å². The maximum Gasteiger partial charge on any atom is 0.0817 e. The van der Waals surface area contributed by atoms with E-state index < -0.39 is 6.46 Å². The number of thiol groups is 1. The second-order valence-electron chi connectivity index (χ2n) is 5.21. The number of hydrogen-bond acceptors (Lipinski definition) is 72. The zero-order valence-corrected chi connectivity index (χ0v) is 89.7.